The molecule has 1 aromatic carbocycles. The van der Waals surface area contributed by atoms with E-state index in [1.54, 1.807) is 13.0 Å². The molecular weight excluding hydrogens is 271 g/mol. The summed E-state index contributed by atoms with van der Waals surface area (Å²) in [6.45, 7) is 2.18. The SMILES string of the molecule is CCOc1ccc(NC(=O)C2(N)CCC2)cc1F.Cl. The second kappa shape index (κ2) is 6.21. The number of ether oxygens (including phenoxy) is 1. The normalized spacial score (nSPS) is 15.9. The summed E-state index contributed by atoms with van der Waals surface area (Å²) in [5.41, 5.74) is 5.50. The van der Waals surface area contributed by atoms with Crippen LogP contribution in [0.3, 0.4) is 0 Å². The quantitative estimate of drug-likeness (QED) is 0.894. The van der Waals surface area contributed by atoms with Gasteiger partial charge in [-0.05, 0) is 38.3 Å². The lowest BCUT2D eigenvalue weighted by atomic mass is 9.77. The number of carbonyl (C=O) groups is 1. The highest BCUT2D eigenvalue weighted by Crippen LogP contribution is 2.30. The number of nitrogens with two attached hydrogens (primary N) is 1. The van der Waals surface area contributed by atoms with Gasteiger partial charge in [-0.25, -0.2) is 4.39 Å². The van der Waals surface area contributed by atoms with Crippen molar-refractivity contribution in [3.05, 3.63) is 24.0 Å². The van der Waals surface area contributed by atoms with Gasteiger partial charge in [-0.2, -0.15) is 0 Å². The summed E-state index contributed by atoms with van der Waals surface area (Å²) in [7, 11) is 0. The fourth-order valence-corrected chi connectivity index (χ4v) is 1.89. The third-order valence-electron chi connectivity index (χ3n) is 3.19. The Kier molecular flexibility index (Phi) is 5.14. The predicted octanol–water partition coefficient (Wildman–Crippen LogP) is 2.47. The number of halogens is 2. The van der Waals surface area contributed by atoms with E-state index < -0.39 is 11.4 Å². The molecule has 1 aliphatic rings. The molecule has 1 amide bonds. The molecule has 0 aliphatic heterocycles. The van der Waals surface area contributed by atoms with E-state index in [0.717, 1.165) is 6.42 Å². The van der Waals surface area contributed by atoms with Crippen molar-refractivity contribution in [3.8, 4) is 5.75 Å². The van der Waals surface area contributed by atoms with Crippen LogP contribution in [0.1, 0.15) is 26.2 Å². The molecule has 1 fully saturated rings. The Balaban J connectivity index is 0.00000180. The Labute approximate surface area is 117 Å². The minimum absolute atomic E-state index is 0. The van der Waals surface area contributed by atoms with Crippen LogP contribution in [0.4, 0.5) is 10.1 Å². The first-order chi connectivity index (χ1) is 8.55. The first-order valence-corrected chi connectivity index (χ1v) is 6.08. The van der Waals surface area contributed by atoms with Gasteiger partial charge in [0.25, 0.3) is 0 Å². The molecule has 1 saturated carbocycles. The van der Waals surface area contributed by atoms with Crippen LogP contribution in [0, 0.1) is 5.82 Å². The average Bonchev–Trinajstić information content (AvgIpc) is 2.29. The number of benzene rings is 1. The van der Waals surface area contributed by atoms with Crippen molar-refractivity contribution in [2.24, 2.45) is 5.73 Å². The van der Waals surface area contributed by atoms with Gasteiger partial charge in [0.2, 0.25) is 5.91 Å². The van der Waals surface area contributed by atoms with E-state index >= 15 is 0 Å². The van der Waals surface area contributed by atoms with Gasteiger partial charge in [0.05, 0.1) is 12.1 Å². The minimum atomic E-state index is -0.783. The van der Waals surface area contributed by atoms with Crippen molar-refractivity contribution in [1.29, 1.82) is 0 Å². The van der Waals surface area contributed by atoms with Gasteiger partial charge in [-0.15, -0.1) is 12.4 Å². The number of anilines is 1. The third-order valence-corrected chi connectivity index (χ3v) is 3.19. The zero-order valence-corrected chi connectivity index (χ0v) is 11.6. The van der Waals surface area contributed by atoms with E-state index in [4.69, 9.17) is 10.5 Å². The van der Waals surface area contributed by atoms with Crippen molar-refractivity contribution >= 4 is 24.0 Å². The van der Waals surface area contributed by atoms with Crippen molar-refractivity contribution in [3.63, 3.8) is 0 Å². The molecule has 0 aromatic heterocycles. The monoisotopic (exact) mass is 288 g/mol. The first kappa shape index (κ1) is 15.7. The predicted molar refractivity (Wildman–Crippen MR) is 74.2 cm³/mol. The summed E-state index contributed by atoms with van der Waals surface area (Å²) in [5, 5.41) is 2.64. The second-order valence-corrected chi connectivity index (χ2v) is 4.54. The highest BCUT2D eigenvalue weighted by atomic mass is 35.5. The Morgan fingerprint density at radius 3 is 2.68 bits per heavy atom. The average molecular weight is 289 g/mol. The van der Waals surface area contributed by atoms with Crippen molar-refractivity contribution in [1.82, 2.24) is 0 Å². The number of hydrogen-bond acceptors (Lipinski definition) is 3. The molecule has 1 aromatic rings. The number of carbonyl (C=O) groups excluding carboxylic acids is 1. The molecule has 0 atom stereocenters. The van der Waals surface area contributed by atoms with Gasteiger partial charge in [0.15, 0.2) is 11.6 Å². The topological polar surface area (TPSA) is 64.3 Å². The van der Waals surface area contributed by atoms with E-state index in [1.165, 1.54) is 12.1 Å². The van der Waals surface area contributed by atoms with Crippen molar-refractivity contribution in [2.75, 3.05) is 11.9 Å². The van der Waals surface area contributed by atoms with Crippen LogP contribution >= 0.6 is 12.4 Å². The Morgan fingerprint density at radius 2 is 2.21 bits per heavy atom. The fraction of sp³-hybridized carbons (Fsp3) is 0.462. The summed E-state index contributed by atoms with van der Waals surface area (Å²) in [6.07, 6.45) is 2.32. The van der Waals surface area contributed by atoms with Gasteiger partial charge in [-0.3, -0.25) is 4.79 Å². The maximum atomic E-state index is 13.6. The standard InChI is InChI=1S/C13H17FN2O2.ClH/c1-2-18-11-5-4-9(8-10(11)14)16-12(17)13(15)6-3-7-13;/h4-5,8H,2-3,6-7,15H2,1H3,(H,16,17);1H. The summed E-state index contributed by atoms with van der Waals surface area (Å²) >= 11 is 0. The number of amides is 1. The molecule has 2 rings (SSSR count). The molecule has 4 nitrogen and oxygen atoms in total. The van der Waals surface area contributed by atoms with E-state index in [2.05, 4.69) is 5.32 Å². The molecule has 3 N–H and O–H groups in total. The maximum absolute atomic E-state index is 13.6. The lowest BCUT2D eigenvalue weighted by molar-refractivity contribution is -0.123. The molecule has 0 unspecified atom stereocenters. The molecule has 106 valence electrons. The van der Waals surface area contributed by atoms with Crippen LogP contribution in [-0.4, -0.2) is 18.1 Å². The van der Waals surface area contributed by atoms with Crippen molar-refractivity contribution in [2.45, 2.75) is 31.7 Å². The second-order valence-electron chi connectivity index (χ2n) is 4.54. The zero-order valence-electron chi connectivity index (χ0n) is 10.7. The van der Waals surface area contributed by atoms with Gasteiger partial charge in [0.1, 0.15) is 0 Å². The van der Waals surface area contributed by atoms with Crippen molar-refractivity contribution < 1.29 is 13.9 Å². The Morgan fingerprint density at radius 1 is 1.53 bits per heavy atom. The van der Waals surface area contributed by atoms with E-state index in [0.29, 0.717) is 25.1 Å². The summed E-state index contributed by atoms with van der Waals surface area (Å²) in [6, 6.07) is 4.34. The van der Waals surface area contributed by atoms with Crippen LogP contribution in [0.2, 0.25) is 0 Å². The molecule has 0 spiro atoms. The molecule has 0 radical (unpaired) electrons. The summed E-state index contributed by atoms with van der Waals surface area (Å²) in [4.78, 5) is 11.8. The minimum Gasteiger partial charge on any atom is -0.491 e. The largest absolute Gasteiger partial charge is 0.491 e. The number of hydrogen-bond donors (Lipinski definition) is 2. The Bertz CT molecular complexity index is 464. The summed E-state index contributed by atoms with van der Waals surface area (Å²) in [5.74, 6) is -0.562. The van der Waals surface area contributed by atoms with Gasteiger partial charge >= 0.3 is 0 Å². The number of nitrogens with one attached hydrogen (secondary N) is 1. The first-order valence-electron chi connectivity index (χ1n) is 6.08. The Hall–Kier alpha value is -1.33. The highest BCUT2D eigenvalue weighted by Gasteiger charge is 2.40. The fourth-order valence-electron chi connectivity index (χ4n) is 1.89. The van der Waals surface area contributed by atoms with Gasteiger partial charge in [0, 0.05) is 11.8 Å². The molecule has 0 heterocycles. The molecule has 6 heteroatoms. The van der Waals surface area contributed by atoms with Crippen LogP contribution in [0.5, 0.6) is 5.75 Å². The summed E-state index contributed by atoms with van der Waals surface area (Å²) < 4.78 is 18.7. The molecule has 0 saturated heterocycles. The molecule has 0 bridgehead atoms. The van der Waals surface area contributed by atoms with Crippen LogP contribution in [0.25, 0.3) is 0 Å². The third kappa shape index (κ3) is 3.36. The van der Waals surface area contributed by atoms with Crippen LogP contribution in [0.15, 0.2) is 18.2 Å². The number of rotatable bonds is 4. The van der Waals surface area contributed by atoms with Crippen LogP contribution < -0.4 is 15.8 Å². The molecule has 19 heavy (non-hydrogen) atoms. The molecule has 1 aliphatic carbocycles. The lowest BCUT2D eigenvalue weighted by Gasteiger charge is -2.36. The van der Waals surface area contributed by atoms with Gasteiger partial charge in [-0.1, -0.05) is 0 Å². The maximum Gasteiger partial charge on any atom is 0.244 e. The molecular formula is C13H18ClFN2O2. The van der Waals surface area contributed by atoms with E-state index in [1.807, 2.05) is 0 Å². The van der Waals surface area contributed by atoms with E-state index in [9.17, 15) is 9.18 Å². The van der Waals surface area contributed by atoms with Gasteiger partial charge < -0.3 is 15.8 Å². The highest BCUT2D eigenvalue weighted by molar-refractivity contribution is 5.98. The van der Waals surface area contributed by atoms with E-state index in [-0.39, 0.29) is 24.1 Å². The smallest absolute Gasteiger partial charge is 0.244 e. The lowest BCUT2D eigenvalue weighted by Crippen LogP contribution is -2.56. The zero-order chi connectivity index (χ0) is 13.2. The van der Waals surface area contributed by atoms with Crippen LogP contribution in [-0.2, 0) is 4.79 Å².